The van der Waals surface area contributed by atoms with Crippen LogP contribution in [-0.2, 0) is 14.9 Å². The van der Waals surface area contributed by atoms with E-state index in [9.17, 15) is 5.11 Å². The lowest BCUT2D eigenvalue weighted by Gasteiger charge is -2.38. The quantitative estimate of drug-likeness (QED) is 0.469. The molecule has 0 amide bonds. The van der Waals surface area contributed by atoms with E-state index in [4.69, 9.17) is 14.5 Å². The molecule has 28 heavy (non-hydrogen) atoms. The van der Waals surface area contributed by atoms with Gasteiger partial charge in [0.15, 0.2) is 5.96 Å². The average molecular weight is 390 g/mol. The Kier molecular flexibility index (Phi) is 7.71. The monoisotopic (exact) mass is 389 g/mol. The predicted molar refractivity (Wildman–Crippen MR) is 112 cm³/mol. The second-order valence-corrected chi connectivity index (χ2v) is 8.08. The maximum absolute atomic E-state index is 9.45. The maximum Gasteiger partial charge on any atom is 0.191 e. The van der Waals surface area contributed by atoms with Crippen LogP contribution in [0.15, 0.2) is 35.3 Å². The smallest absolute Gasteiger partial charge is 0.191 e. The van der Waals surface area contributed by atoms with Gasteiger partial charge in [-0.1, -0.05) is 30.3 Å². The molecule has 0 saturated carbocycles. The highest BCUT2D eigenvalue weighted by Gasteiger charge is 2.36. The fourth-order valence-corrected chi connectivity index (χ4v) is 4.25. The van der Waals surface area contributed by atoms with Gasteiger partial charge in [0.2, 0.25) is 0 Å². The molecule has 2 aliphatic heterocycles. The van der Waals surface area contributed by atoms with E-state index in [0.29, 0.717) is 13.2 Å². The van der Waals surface area contributed by atoms with Crippen LogP contribution in [0, 0.1) is 5.41 Å². The van der Waals surface area contributed by atoms with Crippen LogP contribution in [0.25, 0.3) is 0 Å². The molecule has 0 radical (unpaired) electrons. The number of rotatable bonds is 8. The standard InChI is InChI=1S/C22H35N3O3/c1-2-23-20(24-16-21(8-12-26)9-13-28-18-21)25-17-22(10-14-27-15-11-22)19-6-4-3-5-7-19/h3-7,26H,2,8-18H2,1H3,(H2,23,24,25). The Bertz CT molecular complexity index is 609. The van der Waals surface area contributed by atoms with Crippen LogP contribution in [0.1, 0.15) is 38.2 Å². The zero-order chi connectivity index (χ0) is 19.7. The van der Waals surface area contributed by atoms with E-state index >= 15 is 0 Å². The summed E-state index contributed by atoms with van der Waals surface area (Å²) in [4.78, 5) is 4.87. The van der Waals surface area contributed by atoms with Crippen molar-refractivity contribution in [3.05, 3.63) is 35.9 Å². The first kappa shape index (κ1) is 21.1. The third-order valence-electron chi connectivity index (χ3n) is 6.17. The Morgan fingerprint density at radius 2 is 1.82 bits per heavy atom. The van der Waals surface area contributed by atoms with Crippen LogP contribution in [0.3, 0.4) is 0 Å². The summed E-state index contributed by atoms with van der Waals surface area (Å²) >= 11 is 0. The third kappa shape index (κ3) is 5.25. The summed E-state index contributed by atoms with van der Waals surface area (Å²) in [5, 5.41) is 16.4. The number of aliphatic hydroxyl groups excluding tert-OH is 1. The van der Waals surface area contributed by atoms with Crippen LogP contribution < -0.4 is 10.6 Å². The summed E-state index contributed by atoms with van der Waals surface area (Å²) in [6.45, 7) is 7.61. The molecule has 2 fully saturated rings. The Balaban J connectivity index is 1.70. The van der Waals surface area contributed by atoms with Crippen molar-refractivity contribution in [3.63, 3.8) is 0 Å². The lowest BCUT2D eigenvalue weighted by molar-refractivity contribution is 0.0513. The number of hydrogen-bond acceptors (Lipinski definition) is 4. The van der Waals surface area contributed by atoms with Crippen LogP contribution in [0.2, 0.25) is 0 Å². The van der Waals surface area contributed by atoms with Gasteiger partial charge in [-0.3, -0.25) is 4.99 Å². The van der Waals surface area contributed by atoms with Crippen molar-refractivity contribution < 1.29 is 14.6 Å². The van der Waals surface area contributed by atoms with Gasteiger partial charge in [0.1, 0.15) is 0 Å². The normalized spacial score (nSPS) is 24.9. The average Bonchev–Trinajstić information content (AvgIpc) is 3.20. The van der Waals surface area contributed by atoms with Crippen molar-refractivity contribution in [2.75, 3.05) is 52.7 Å². The number of aliphatic hydroxyl groups is 1. The minimum Gasteiger partial charge on any atom is -0.396 e. The summed E-state index contributed by atoms with van der Waals surface area (Å²) in [6.07, 6.45) is 3.71. The molecule has 2 aliphatic rings. The topological polar surface area (TPSA) is 75.1 Å². The van der Waals surface area contributed by atoms with Crippen molar-refractivity contribution in [3.8, 4) is 0 Å². The molecule has 1 atom stereocenters. The summed E-state index contributed by atoms with van der Waals surface area (Å²) in [7, 11) is 0. The van der Waals surface area contributed by atoms with Crippen LogP contribution in [-0.4, -0.2) is 63.7 Å². The Labute approximate surface area is 168 Å². The molecule has 0 spiro atoms. The molecule has 156 valence electrons. The molecule has 1 unspecified atom stereocenters. The van der Waals surface area contributed by atoms with E-state index < -0.39 is 0 Å². The number of aliphatic imine (C=N–C) groups is 1. The molecule has 0 bridgehead atoms. The first-order valence-corrected chi connectivity index (χ1v) is 10.6. The van der Waals surface area contributed by atoms with Gasteiger partial charge >= 0.3 is 0 Å². The summed E-state index contributed by atoms with van der Waals surface area (Å²) in [5.74, 6) is 0.841. The first-order chi connectivity index (χ1) is 13.7. The molecular formula is C22H35N3O3. The van der Waals surface area contributed by atoms with E-state index in [1.807, 2.05) is 0 Å². The fourth-order valence-electron chi connectivity index (χ4n) is 4.25. The van der Waals surface area contributed by atoms with E-state index in [-0.39, 0.29) is 17.4 Å². The first-order valence-electron chi connectivity index (χ1n) is 10.6. The van der Waals surface area contributed by atoms with Gasteiger partial charge in [-0.15, -0.1) is 0 Å². The minimum absolute atomic E-state index is 0.0348. The lowest BCUT2D eigenvalue weighted by Crippen LogP contribution is -2.48. The van der Waals surface area contributed by atoms with Gasteiger partial charge in [0.05, 0.1) is 13.2 Å². The molecule has 1 aromatic carbocycles. The summed E-state index contributed by atoms with van der Waals surface area (Å²) in [5.41, 5.74) is 1.39. The SMILES string of the molecule is CCNC(=NCC1(CCO)CCOC1)NCC1(c2ccccc2)CCOCC1. The number of benzene rings is 1. The molecule has 6 heteroatoms. The second-order valence-electron chi connectivity index (χ2n) is 8.08. The maximum atomic E-state index is 9.45. The van der Waals surface area contributed by atoms with Gasteiger partial charge in [-0.25, -0.2) is 0 Å². The highest BCUT2D eigenvalue weighted by atomic mass is 16.5. The number of hydrogen-bond donors (Lipinski definition) is 3. The van der Waals surface area contributed by atoms with Crippen molar-refractivity contribution >= 4 is 5.96 Å². The Morgan fingerprint density at radius 3 is 2.46 bits per heavy atom. The zero-order valence-electron chi connectivity index (χ0n) is 17.1. The van der Waals surface area contributed by atoms with E-state index in [2.05, 4.69) is 47.9 Å². The second kappa shape index (κ2) is 10.2. The minimum atomic E-state index is -0.0348. The largest absolute Gasteiger partial charge is 0.396 e. The van der Waals surface area contributed by atoms with Crippen LogP contribution >= 0.6 is 0 Å². The lowest BCUT2D eigenvalue weighted by atomic mass is 9.74. The van der Waals surface area contributed by atoms with Crippen molar-refractivity contribution in [1.82, 2.24) is 10.6 Å². The molecule has 0 aromatic heterocycles. The third-order valence-corrected chi connectivity index (χ3v) is 6.17. The van der Waals surface area contributed by atoms with Crippen LogP contribution in [0.4, 0.5) is 0 Å². The van der Waals surface area contributed by atoms with Gasteiger partial charge < -0.3 is 25.2 Å². The zero-order valence-corrected chi connectivity index (χ0v) is 17.1. The number of nitrogens with zero attached hydrogens (tertiary/aromatic N) is 1. The Hall–Kier alpha value is -1.63. The molecule has 3 rings (SSSR count). The molecule has 6 nitrogen and oxygen atoms in total. The van der Waals surface area contributed by atoms with E-state index in [0.717, 1.165) is 64.6 Å². The number of ether oxygens (including phenoxy) is 2. The van der Waals surface area contributed by atoms with Gasteiger partial charge in [0.25, 0.3) is 0 Å². The van der Waals surface area contributed by atoms with E-state index in [1.165, 1.54) is 5.56 Å². The number of guanidine groups is 1. The van der Waals surface area contributed by atoms with Gasteiger partial charge in [-0.05, 0) is 38.2 Å². The van der Waals surface area contributed by atoms with Crippen molar-refractivity contribution in [2.45, 2.75) is 38.0 Å². The van der Waals surface area contributed by atoms with Crippen molar-refractivity contribution in [1.29, 1.82) is 0 Å². The van der Waals surface area contributed by atoms with Crippen LogP contribution in [0.5, 0.6) is 0 Å². The predicted octanol–water partition coefficient (Wildman–Crippen LogP) is 2.08. The van der Waals surface area contributed by atoms with Gasteiger partial charge in [-0.2, -0.15) is 0 Å². The number of nitrogens with one attached hydrogen (secondary N) is 2. The summed E-state index contributed by atoms with van der Waals surface area (Å²) in [6, 6.07) is 10.8. The molecule has 2 saturated heterocycles. The highest BCUT2D eigenvalue weighted by Crippen LogP contribution is 2.34. The van der Waals surface area contributed by atoms with Gasteiger partial charge in [0, 0.05) is 50.3 Å². The molecular weight excluding hydrogens is 354 g/mol. The summed E-state index contributed by atoms with van der Waals surface area (Å²) < 4.78 is 11.2. The van der Waals surface area contributed by atoms with Crippen molar-refractivity contribution in [2.24, 2.45) is 10.4 Å². The molecule has 2 heterocycles. The molecule has 0 aliphatic carbocycles. The fraction of sp³-hybridized carbons (Fsp3) is 0.682. The highest BCUT2D eigenvalue weighted by molar-refractivity contribution is 5.79. The van der Waals surface area contributed by atoms with E-state index in [1.54, 1.807) is 0 Å². The Morgan fingerprint density at radius 1 is 1.07 bits per heavy atom. The molecule has 1 aromatic rings. The molecule has 3 N–H and O–H groups in total.